The van der Waals surface area contributed by atoms with Crippen LogP contribution in [0, 0.1) is 6.92 Å². The van der Waals surface area contributed by atoms with Crippen LogP contribution in [0.25, 0.3) is 17.4 Å². The summed E-state index contributed by atoms with van der Waals surface area (Å²) in [4.78, 5) is 17.2. The van der Waals surface area contributed by atoms with E-state index in [0.717, 1.165) is 21.4 Å². The molecular formula is C21H14BrClN2O2S. The fraction of sp³-hybridized carbons (Fsp3) is 0.0476. The largest absolute Gasteiger partial charge is 0.457 e. The number of halogens is 2. The second kappa shape index (κ2) is 7.99. The van der Waals surface area contributed by atoms with Crippen LogP contribution in [-0.2, 0) is 4.79 Å². The van der Waals surface area contributed by atoms with E-state index in [0.29, 0.717) is 26.5 Å². The Morgan fingerprint density at radius 3 is 2.68 bits per heavy atom. The van der Waals surface area contributed by atoms with Gasteiger partial charge in [-0.15, -0.1) is 0 Å². The maximum absolute atomic E-state index is 12.3. The average molecular weight is 474 g/mol. The zero-order chi connectivity index (χ0) is 19.7. The lowest BCUT2D eigenvalue weighted by atomic mass is 10.2. The van der Waals surface area contributed by atoms with Crippen molar-refractivity contribution < 1.29 is 9.21 Å². The molecule has 0 atom stereocenters. The number of thioether (sulfide) groups is 1. The van der Waals surface area contributed by atoms with Crippen LogP contribution in [0.3, 0.4) is 0 Å². The number of aryl methyl sites for hydroxylation is 1. The van der Waals surface area contributed by atoms with Gasteiger partial charge in [0.1, 0.15) is 11.5 Å². The van der Waals surface area contributed by atoms with Crippen LogP contribution in [0.15, 0.2) is 73.4 Å². The molecule has 140 valence electrons. The van der Waals surface area contributed by atoms with Crippen molar-refractivity contribution in [3.63, 3.8) is 0 Å². The van der Waals surface area contributed by atoms with Gasteiger partial charge in [-0.05, 0) is 60.6 Å². The molecule has 4 rings (SSSR count). The molecule has 28 heavy (non-hydrogen) atoms. The monoisotopic (exact) mass is 472 g/mol. The number of benzene rings is 2. The highest BCUT2D eigenvalue weighted by atomic mass is 79.9. The maximum Gasteiger partial charge on any atom is 0.264 e. The summed E-state index contributed by atoms with van der Waals surface area (Å²) in [6.45, 7) is 1.93. The van der Waals surface area contributed by atoms with Crippen molar-refractivity contribution in [1.29, 1.82) is 0 Å². The zero-order valence-electron chi connectivity index (χ0n) is 14.7. The van der Waals surface area contributed by atoms with E-state index in [1.807, 2.05) is 55.5 Å². The Bertz CT molecular complexity index is 1120. The fourth-order valence-electron chi connectivity index (χ4n) is 2.58. The number of amidine groups is 1. The molecule has 0 saturated carbocycles. The van der Waals surface area contributed by atoms with Crippen LogP contribution >= 0.6 is 39.3 Å². The predicted octanol–water partition coefficient (Wildman–Crippen LogP) is 6.56. The zero-order valence-corrected chi connectivity index (χ0v) is 17.9. The molecule has 2 heterocycles. The van der Waals surface area contributed by atoms with Crippen LogP contribution < -0.4 is 5.32 Å². The number of amides is 1. The summed E-state index contributed by atoms with van der Waals surface area (Å²) in [5, 5.41) is 3.92. The summed E-state index contributed by atoms with van der Waals surface area (Å²) in [6.07, 6.45) is 1.72. The van der Waals surface area contributed by atoms with Crippen molar-refractivity contribution in [2.75, 3.05) is 0 Å². The number of carbonyl (C=O) groups is 1. The molecule has 1 aliphatic rings. The first-order valence-electron chi connectivity index (χ1n) is 8.39. The van der Waals surface area contributed by atoms with Crippen LogP contribution in [0.5, 0.6) is 0 Å². The number of rotatable bonds is 3. The van der Waals surface area contributed by atoms with E-state index >= 15 is 0 Å². The van der Waals surface area contributed by atoms with Gasteiger partial charge < -0.3 is 9.73 Å². The van der Waals surface area contributed by atoms with E-state index in [-0.39, 0.29) is 5.91 Å². The molecule has 0 aliphatic carbocycles. The highest BCUT2D eigenvalue weighted by Gasteiger charge is 2.24. The summed E-state index contributed by atoms with van der Waals surface area (Å²) in [5.41, 5.74) is 2.64. The normalized spacial score (nSPS) is 16.8. The fourth-order valence-corrected chi connectivity index (χ4v) is 3.84. The van der Waals surface area contributed by atoms with Crippen molar-refractivity contribution in [3.05, 3.63) is 80.3 Å². The van der Waals surface area contributed by atoms with Gasteiger partial charge in [-0.2, -0.15) is 0 Å². The average Bonchev–Trinajstić information content (AvgIpc) is 3.26. The van der Waals surface area contributed by atoms with Crippen molar-refractivity contribution in [2.45, 2.75) is 6.92 Å². The number of aliphatic imine (C=N–C) groups is 1. The number of nitrogens with zero attached hydrogens (tertiary/aromatic N) is 1. The van der Waals surface area contributed by atoms with E-state index in [1.54, 1.807) is 12.1 Å². The second-order valence-electron chi connectivity index (χ2n) is 6.12. The molecule has 0 unspecified atom stereocenters. The third kappa shape index (κ3) is 4.24. The molecule has 1 saturated heterocycles. The van der Waals surface area contributed by atoms with Gasteiger partial charge in [0.2, 0.25) is 0 Å². The molecule has 7 heteroatoms. The second-order valence-corrected chi connectivity index (χ2v) is 8.48. The molecular weight excluding hydrogens is 460 g/mol. The van der Waals surface area contributed by atoms with Crippen LogP contribution in [0.1, 0.15) is 11.3 Å². The van der Waals surface area contributed by atoms with Crippen LogP contribution in [0.2, 0.25) is 5.02 Å². The van der Waals surface area contributed by atoms with Gasteiger partial charge in [0.15, 0.2) is 5.17 Å². The Kier molecular flexibility index (Phi) is 5.44. The molecule has 4 nitrogen and oxygen atoms in total. The summed E-state index contributed by atoms with van der Waals surface area (Å²) in [7, 11) is 0. The summed E-state index contributed by atoms with van der Waals surface area (Å²) in [5.74, 6) is 1.14. The Hall–Kier alpha value is -2.28. The minimum atomic E-state index is -0.205. The minimum Gasteiger partial charge on any atom is -0.457 e. The maximum atomic E-state index is 12.3. The number of hydrogen-bond acceptors (Lipinski definition) is 4. The molecule has 3 aromatic rings. The molecule has 2 aromatic carbocycles. The smallest absolute Gasteiger partial charge is 0.264 e. The van der Waals surface area contributed by atoms with Crippen molar-refractivity contribution in [2.24, 2.45) is 4.99 Å². The summed E-state index contributed by atoms with van der Waals surface area (Å²) < 4.78 is 6.87. The highest BCUT2D eigenvalue weighted by molar-refractivity contribution is 9.10. The number of nitrogens with one attached hydrogen (secondary N) is 1. The molecule has 1 fully saturated rings. The van der Waals surface area contributed by atoms with Crippen LogP contribution in [0.4, 0.5) is 5.69 Å². The minimum absolute atomic E-state index is 0.205. The Labute approximate surface area is 179 Å². The van der Waals surface area contributed by atoms with Gasteiger partial charge in [-0.3, -0.25) is 4.79 Å². The first kappa shape index (κ1) is 19.1. The lowest BCUT2D eigenvalue weighted by Gasteiger charge is -2.00. The number of carbonyl (C=O) groups excluding carboxylic acids is 1. The number of furan rings is 1. The first-order valence-corrected chi connectivity index (χ1v) is 10.4. The van der Waals surface area contributed by atoms with E-state index in [4.69, 9.17) is 16.0 Å². The van der Waals surface area contributed by atoms with Crippen LogP contribution in [-0.4, -0.2) is 11.1 Å². The van der Waals surface area contributed by atoms with E-state index in [9.17, 15) is 4.79 Å². The Morgan fingerprint density at radius 2 is 1.93 bits per heavy atom. The third-order valence-corrected chi connectivity index (χ3v) is 5.91. The molecule has 1 N–H and O–H groups in total. The molecule has 1 aromatic heterocycles. The first-order chi connectivity index (χ1) is 13.5. The van der Waals surface area contributed by atoms with Gasteiger partial charge >= 0.3 is 0 Å². The summed E-state index contributed by atoms with van der Waals surface area (Å²) >= 11 is 10.8. The van der Waals surface area contributed by atoms with E-state index < -0.39 is 0 Å². The third-order valence-electron chi connectivity index (χ3n) is 4.07. The van der Waals surface area contributed by atoms with Gasteiger partial charge in [-0.1, -0.05) is 45.7 Å². The number of hydrogen-bond donors (Lipinski definition) is 1. The summed E-state index contributed by atoms with van der Waals surface area (Å²) in [6, 6.07) is 17.1. The quantitative estimate of drug-likeness (QED) is 0.438. The van der Waals surface area contributed by atoms with Crippen molar-refractivity contribution in [1.82, 2.24) is 5.32 Å². The predicted molar refractivity (Wildman–Crippen MR) is 119 cm³/mol. The lowest BCUT2D eigenvalue weighted by molar-refractivity contribution is -0.115. The highest BCUT2D eigenvalue weighted by Crippen LogP contribution is 2.31. The van der Waals surface area contributed by atoms with Gasteiger partial charge in [0, 0.05) is 21.1 Å². The van der Waals surface area contributed by atoms with Gasteiger partial charge in [-0.25, -0.2) is 4.99 Å². The van der Waals surface area contributed by atoms with Gasteiger partial charge in [0.05, 0.1) is 10.6 Å². The standard InChI is InChI=1S/C21H14BrClN2O2S/c1-12-2-7-15(10-17(12)23)24-21-25-20(26)19(28-21)11-16-8-9-18(27-16)13-3-5-14(22)6-4-13/h2-11H,1H3,(H,24,25,26)/b19-11-. The molecule has 0 bridgehead atoms. The Balaban J connectivity index is 1.54. The SMILES string of the molecule is Cc1ccc(N=C2NC(=O)/C(=C/c3ccc(-c4ccc(Br)cc4)o3)S2)cc1Cl. The van der Waals surface area contributed by atoms with Gasteiger partial charge in [0.25, 0.3) is 5.91 Å². The molecule has 0 spiro atoms. The molecule has 1 amide bonds. The van der Waals surface area contributed by atoms with E-state index in [2.05, 4.69) is 26.2 Å². The van der Waals surface area contributed by atoms with E-state index in [1.165, 1.54) is 11.8 Å². The van der Waals surface area contributed by atoms with Crippen molar-refractivity contribution >= 4 is 62.1 Å². The topological polar surface area (TPSA) is 54.6 Å². The van der Waals surface area contributed by atoms with Crippen molar-refractivity contribution in [3.8, 4) is 11.3 Å². The molecule has 1 aliphatic heterocycles. The lowest BCUT2D eigenvalue weighted by Crippen LogP contribution is -2.19. The molecule has 0 radical (unpaired) electrons. The Morgan fingerprint density at radius 1 is 1.14 bits per heavy atom.